The standard InChI is InChI=1S/C13H14Cl2F2N2O4/c14-8-4-7(11(9(15)5-8)23-12(16)17)6-19-13(22)18-3-1-2-10(20)21/h4-5,12H,1-3,6H2,(H,20,21)(H2,18,19,22). The van der Waals surface area contributed by atoms with Crippen molar-refractivity contribution in [3.8, 4) is 5.75 Å². The summed E-state index contributed by atoms with van der Waals surface area (Å²) in [4.78, 5) is 21.9. The molecule has 1 rings (SSSR count). The number of aliphatic carboxylic acids is 1. The molecule has 0 unspecified atom stereocenters. The Morgan fingerprint density at radius 1 is 1.26 bits per heavy atom. The van der Waals surface area contributed by atoms with E-state index in [1.807, 2.05) is 0 Å². The van der Waals surface area contributed by atoms with E-state index in [2.05, 4.69) is 15.4 Å². The van der Waals surface area contributed by atoms with Gasteiger partial charge in [0.25, 0.3) is 0 Å². The second-order valence-electron chi connectivity index (χ2n) is 4.36. The molecule has 10 heteroatoms. The van der Waals surface area contributed by atoms with Gasteiger partial charge in [0.05, 0.1) is 5.02 Å². The van der Waals surface area contributed by atoms with Crippen LogP contribution in [-0.4, -0.2) is 30.3 Å². The number of urea groups is 1. The Morgan fingerprint density at radius 2 is 1.96 bits per heavy atom. The maximum Gasteiger partial charge on any atom is 0.387 e. The van der Waals surface area contributed by atoms with Gasteiger partial charge in [-0.2, -0.15) is 8.78 Å². The molecule has 0 aromatic heterocycles. The molecule has 0 aliphatic carbocycles. The molecule has 0 aliphatic heterocycles. The summed E-state index contributed by atoms with van der Waals surface area (Å²) in [6, 6.07) is 2.00. The molecule has 23 heavy (non-hydrogen) atoms. The lowest BCUT2D eigenvalue weighted by atomic mass is 10.2. The zero-order chi connectivity index (χ0) is 17.4. The van der Waals surface area contributed by atoms with Crippen molar-refractivity contribution < 1.29 is 28.2 Å². The molecule has 0 fully saturated rings. The number of halogens is 4. The Bertz CT molecular complexity index is 573. The van der Waals surface area contributed by atoms with Gasteiger partial charge in [0.2, 0.25) is 0 Å². The van der Waals surface area contributed by atoms with Gasteiger partial charge in [0.15, 0.2) is 0 Å². The van der Waals surface area contributed by atoms with Gasteiger partial charge in [-0.3, -0.25) is 4.79 Å². The largest absolute Gasteiger partial charge is 0.481 e. The third-order valence-corrected chi connectivity index (χ3v) is 3.08. The summed E-state index contributed by atoms with van der Waals surface area (Å²) in [7, 11) is 0. The summed E-state index contributed by atoms with van der Waals surface area (Å²) in [5.74, 6) is -1.23. The van der Waals surface area contributed by atoms with E-state index in [1.54, 1.807) is 0 Å². The van der Waals surface area contributed by atoms with E-state index in [0.29, 0.717) is 0 Å². The highest BCUT2D eigenvalue weighted by Gasteiger charge is 2.15. The number of rotatable bonds is 8. The number of nitrogens with one attached hydrogen (secondary N) is 2. The number of alkyl halides is 2. The van der Waals surface area contributed by atoms with Crippen molar-refractivity contribution in [2.45, 2.75) is 26.0 Å². The molecular formula is C13H14Cl2F2N2O4. The zero-order valence-corrected chi connectivity index (χ0v) is 13.3. The fourth-order valence-electron chi connectivity index (χ4n) is 1.65. The fraction of sp³-hybridized carbons (Fsp3) is 0.385. The summed E-state index contributed by atoms with van der Waals surface area (Å²) in [5, 5.41) is 13.4. The number of carboxylic acid groups (broad SMARTS) is 1. The van der Waals surface area contributed by atoms with E-state index in [1.165, 1.54) is 12.1 Å². The van der Waals surface area contributed by atoms with Crippen molar-refractivity contribution in [1.29, 1.82) is 0 Å². The van der Waals surface area contributed by atoms with Gasteiger partial charge in [-0.05, 0) is 18.6 Å². The molecule has 0 radical (unpaired) electrons. The normalized spacial score (nSPS) is 10.5. The van der Waals surface area contributed by atoms with Gasteiger partial charge < -0.3 is 20.5 Å². The molecular weight excluding hydrogens is 357 g/mol. The first-order valence-electron chi connectivity index (χ1n) is 6.45. The molecule has 1 aromatic carbocycles. The molecule has 0 heterocycles. The van der Waals surface area contributed by atoms with Crippen molar-refractivity contribution in [2.75, 3.05) is 6.54 Å². The molecule has 0 bridgehead atoms. The molecule has 1 aromatic rings. The van der Waals surface area contributed by atoms with Crippen molar-refractivity contribution in [2.24, 2.45) is 0 Å². The first kappa shape index (κ1) is 19.2. The summed E-state index contributed by atoms with van der Waals surface area (Å²) in [5.41, 5.74) is 0.184. The predicted octanol–water partition coefficient (Wildman–Crippen LogP) is 3.26. The highest BCUT2D eigenvalue weighted by molar-refractivity contribution is 6.35. The number of ether oxygens (including phenoxy) is 1. The lowest BCUT2D eigenvalue weighted by Gasteiger charge is -2.14. The van der Waals surface area contributed by atoms with Crippen LogP contribution in [0.4, 0.5) is 13.6 Å². The van der Waals surface area contributed by atoms with Crippen molar-refractivity contribution in [3.05, 3.63) is 27.7 Å². The molecule has 3 N–H and O–H groups in total. The summed E-state index contributed by atoms with van der Waals surface area (Å²) >= 11 is 11.6. The first-order valence-corrected chi connectivity index (χ1v) is 7.21. The summed E-state index contributed by atoms with van der Waals surface area (Å²) < 4.78 is 29.1. The van der Waals surface area contributed by atoms with E-state index >= 15 is 0 Å². The number of carboxylic acids is 1. The average Bonchev–Trinajstić information content (AvgIpc) is 2.44. The van der Waals surface area contributed by atoms with Crippen LogP contribution in [0.1, 0.15) is 18.4 Å². The van der Waals surface area contributed by atoms with Gasteiger partial charge in [0, 0.05) is 30.1 Å². The van der Waals surface area contributed by atoms with Gasteiger partial charge in [-0.25, -0.2) is 4.79 Å². The Labute approximate surface area is 140 Å². The second-order valence-corrected chi connectivity index (χ2v) is 5.20. The Balaban J connectivity index is 2.59. The number of hydrogen-bond donors (Lipinski definition) is 3. The number of hydrogen-bond acceptors (Lipinski definition) is 3. The first-order chi connectivity index (χ1) is 10.8. The fourth-order valence-corrected chi connectivity index (χ4v) is 2.23. The van der Waals surface area contributed by atoms with Gasteiger partial charge in [-0.1, -0.05) is 23.2 Å². The van der Waals surface area contributed by atoms with Crippen LogP contribution < -0.4 is 15.4 Å². The van der Waals surface area contributed by atoms with Crippen LogP contribution in [0.25, 0.3) is 0 Å². The molecule has 0 aliphatic rings. The van der Waals surface area contributed by atoms with E-state index in [0.717, 1.165) is 0 Å². The predicted molar refractivity (Wildman–Crippen MR) is 80.2 cm³/mol. The molecule has 0 saturated carbocycles. The van der Waals surface area contributed by atoms with Gasteiger partial charge in [-0.15, -0.1) is 0 Å². The SMILES string of the molecule is O=C(O)CCCNC(=O)NCc1cc(Cl)cc(Cl)c1OC(F)F. The molecule has 6 nitrogen and oxygen atoms in total. The van der Waals surface area contributed by atoms with Crippen LogP contribution in [0, 0.1) is 0 Å². The van der Waals surface area contributed by atoms with Crippen LogP contribution in [0.2, 0.25) is 10.0 Å². The topological polar surface area (TPSA) is 87.7 Å². The quantitative estimate of drug-likeness (QED) is 0.612. The van der Waals surface area contributed by atoms with E-state index in [9.17, 15) is 18.4 Å². The highest BCUT2D eigenvalue weighted by Crippen LogP contribution is 2.33. The molecule has 128 valence electrons. The summed E-state index contributed by atoms with van der Waals surface area (Å²) in [6.07, 6.45) is 0.196. The van der Waals surface area contributed by atoms with E-state index in [-0.39, 0.29) is 47.3 Å². The minimum absolute atomic E-state index is 0.0729. The number of benzene rings is 1. The van der Waals surface area contributed by atoms with E-state index < -0.39 is 18.6 Å². The molecule has 0 saturated heterocycles. The average molecular weight is 371 g/mol. The Hall–Kier alpha value is -1.80. The smallest absolute Gasteiger partial charge is 0.387 e. The Morgan fingerprint density at radius 3 is 2.57 bits per heavy atom. The van der Waals surface area contributed by atoms with Gasteiger partial charge in [0.1, 0.15) is 5.75 Å². The van der Waals surface area contributed by atoms with Crippen LogP contribution in [-0.2, 0) is 11.3 Å². The monoisotopic (exact) mass is 370 g/mol. The van der Waals surface area contributed by atoms with Crippen molar-refractivity contribution in [3.63, 3.8) is 0 Å². The van der Waals surface area contributed by atoms with E-state index in [4.69, 9.17) is 28.3 Å². The molecule has 2 amide bonds. The lowest BCUT2D eigenvalue weighted by molar-refractivity contribution is -0.137. The maximum atomic E-state index is 12.4. The third-order valence-electron chi connectivity index (χ3n) is 2.58. The Kier molecular flexibility index (Phi) is 7.84. The van der Waals surface area contributed by atoms with Crippen molar-refractivity contribution in [1.82, 2.24) is 10.6 Å². The number of carbonyl (C=O) groups excluding carboxylic acids is 1. The van der Waals surface area contributed by atoms with Crippen LogP contribution >= 0.6 is 23.2 Å². The minimum Gasteiger partial charge on any atom is -0.481 e. The second kappa shape index (κ2) is 9.36. The van der Waals surface area contributed by atoms with Crippen LogP contribution in [0.5, 0.6) is 5.75 Å². The zero-order valence-electron chi connectivity index (χ0n) is 11.7. The van der Waals surface area contributed by atoms with Crippen molar-refractivity contribution >= 4 is 35.2 Å². The molecule has 0 atom stereocenters. The maximum absolute atomic E-state index is 12.4. The van der Waals surface area contributed by atoms with Gasteiger partial charge >= 0.3 is 18.6 Å². The number of carbonyl (C=O) groups is 2. The molecule has 0 spiro atoms. The summed E-state index contributed by atoms with van der Waals surface area (Å²) in [6.45, 7) is -3.06. The van der Waals surface area contributed by atoms with Crippen LogP contribution in [0.3, 0.4) is 0 Å². The lowest BCUT2D eigenvalue weighted by Crippen LogP contribution is -2.35. The van der Waals surface area contributed by atoms with Crippen LogP contribution in [0.15, 0.2) is 12.1 Å². The number of amides is 2. The highest BCUT2D eigenvalue weighted by atomic mass is 35.5. The third kappa shape index (κ3) is 7.34. The minimum atomic E-state index is -3.07.